The average Bonchev–Trinajstić information content (AvgIpc) is 2.88. The van der Waals surface area contributed by atoms with Crippen molar-refractivity contribution < 1.29 is 5.11 Å². The molecule has 1 N–H and O–H groups in total. The third kappa shape index (κ3) is 3.26. The van der Waals surface area contributed by atoms with Gasteiger partial charge in [-0.25, -0.2) is 0 Å². The summed E-state index contributed by atoms with van der Waals surface area (Å²) in [5.41, 5.74) is 0. The molecule has 0 aromatic carbocycles. The van der Waals surface area contributed by atoms with E-state index < -0.39 is 0 Å². The molecule has 2 saturated carbocycles. The molecule has 2 aliphatic rings. The molecule has 0 aromatic rings. The summed E-state index contributed by atoms with van der Waals surface area (Å²) in [6, 6.07) is 0.473. The SMILES string of the molecule is C[C@@H]([C]1[CH][CH][CH][C]1[Se][C@@H]1CCC[C@H]1O)N(C)C. The van der Waals surface area contributed by atoms with Crippen LogP contribution in [0.5, 0.6) is 0 Å². The van der Waals surface area contributed by atoms with Crippen LogP contribution in [0.1, 0.15) is 26.2 Å². The first-order valence-corrected chi connectivity index (χ1v) is 8.21. The van der Waals surface area contributed by atoms with Crippen molar-refractivity contribution in [1.29, 1.82) is 0 Å². The van der Waals surface area contributed by atoms with Crippen molar-refractivity contribution >= 4 is 15.0 Å². The van der Waals surface area contributed by atoms with Crippen LogP contribution in [0.2, 0.25) is 4.82 Å². The van der Waals surface area contributed by atoms with Crippen LogP contribution in [0.4, 0.5) is 0 Å². The molecule has 2 fully saturated rings. The summed E-state index contributed by atoms with van der Waals surface area (Å²) >= 11 is 0.430. The fourth-order valence-electron chi connectivity index (χ4n) is 2.36. The zero-order valence-electron chi connectivity index (χ0n) is 10.9. The van der Waals surface area contributed by atoms with Gasteiger partial charge in [-0.1, -0.05) is 0 Å². The van der Waals surface area contributed by atoms with Gasteiger partial charge in [-0.15, -0.1) is 0 Å². The molecule has 2 rings (SSSR count). The number of hydrogen-bond donors (Lipinski definition) is 1. The van der Waals surface area contributed by atoms with Crippen LogP contribution in [0, 0.1) is 30.0 Å². The van der Waals surface area contributed by atoms with Crippen molar-refractivity contribution in [2.45, 2.75) is 43.1 Å². The standard InChI is InChI=1S/C14H22NOSe/c1-10(15(2)3)11-6-4-8-13(11)17-14-9-5-7-12(14)16/h4,6,8,10,12,14,16H,5,7,9H2,1-3H3/t10-,12+,14+/m0/s1. The molecule has 0 saturated heterocycles. The van der Waals surface area contributed by atoms with Crippen molar-refractivity contribution in [3.8, 4) is 0 Å². The first-order valence-electron chi connectivity index (χ1n) is 6.36. The second kappa shape index (κ2) is 6.06. The first kappa shape index (κ1) is 13.9. The van der Waals surface area contributed by atoms with Gasteiger partial charge in [0.25, 0.3) is 0 Å². The molecule has 95 valence electrons. The molecule has 3 atom stereocenters. The van der Waals surface area contributed by atoms with Gasteiger partial charge in [0.15, 0.2) is 0 Å². The molecule has 0 aliphatic heterocycles. The van der Waals surface area contributed by atoms with E-state index in [9.17, 15) is 5.11 Å². The summed E-state index contributed by atoms with van der Waals surface area (Å²) in [6.07, 6.45) is 10.0. The second-order valence-electron chi connectivity index (χ2n) is 5.14. The van der Waals surface area contributed by atoms with E-state index in [1.54, 1.807) is 0 Å². The third-order valence-corrected chi connectivity index (χ3v) is 6.83. The number of nitrogens with zero attached hydrogens (tertiary/aromatic N) is 1. The van der Waals surface area contributed by atoms with E-state index in [0.717, 1.165) is 6.42 Å². The number of aliphatic hydroxyl groups is 1. The van der Waals surface area contributed by atoms with Gasteiger partial charge in [0.1, 0.15) is 0 Å². The number of aliphatic hydroxyl groups excluding tert-OH is 1. The molecular formula is C14H22NOSe. The van der Waals surface area contributed by atoms with Gasteiger partial charge < -0.3 is 0 Å². The molecular weight excluding hydrogens is 277 g/mol. The normalized spacial score (nSPS) is 33.7. The van der Waals surface area contributed by atoms with Crippen molar-refractivity contribution in [2.24, 2.45) is 0 Å². The van der Waals surface area contributed by atoms with Crippen LogP contribution in [0.15, 0.2) is 0 Å². The maximum absolute atomic E-state index is 9.93. The van der Waals surface area contributed by atoms with Crippen LogP contribution in [0.3, 0.4) is 0 Å². The molecule has 0 heterocycles. The van der Waals surface area contributed by atoms with Gasteiger partial charge in [0, 0.05) is 0 Å². The van der Waals surface area contributed by atoms with Crippen LogP contribution < -0.4 is 0 Å². The minimum atomic E-state index is -0.0487. The Morgan fingerprint density at radius 3 is 2.71 bits per heavy atom. The van der Waals surface area contributed by atoms with E-state index in [4.69, 9.17) is 0 Å². The molecule has 0 unspecified atom stereocenters. The van der Waals surface area contributed by atoms with Crippen LogP contribution in [-0.4, -0.2) is 51.2 Å². The van der Waals surface area contributed by atoms with Crippen molar-refractivity contribution in [3.63, 3.8) is 0 Å². The summed E-state index contributed by atoms with van der Waals surface area (Å²) in [7, 11) is 4.25. The molecule has 0 spiro atoms. The summed E-state index contributed by atoms with van der Waals surface area (Å²) < 4.78 is 0. The Morgan fingerprint density at radius 1 is 1.35 bits per heavy atom. The molecule has 0 amide bonds. The van der Waals surface area contributed by atoms with Crippen molar-refractivity contribution in [2.75, 3.05) is 14.1 Å². The zero-order valence-corrected chi connectivity index (χ0v) is 12.6. The van der Waals surface area contributed by atoms with Gasteiger partial charge in [-0.05, 0) is 0 Å². The Balaban J connectivity index is 1.90. The third-order valence-electron chi connectivity index (χ3n) is 3.73. The Hall–Kier alpha value is 0.439. The fraction of sp³-hybridized carbons (Fsp3) is 0.643. The second-order valence-corrected chi connectivity index (χ2v) is 7.83. The Bertz CT molecular complexity index is 246. The summed E-state index contributed by atoms with van der Waals surface area (Å²) in [6.45, 7) is 2.25. The topological polar surface area (TPSA) is 23.5 Å². The fourth-order valence-corrected chi connectivity index (χ4v) is 5.37. The van der Waals surface area contributed by atoms with Gasteiger partial charge in [0.05, 0.1) is 0 Å². The van der Waals surface area contributed by atoms with Crippen LogP contribution in [0.25, 0.3) is 0 Å². The molecule has 2 aliphatic carbocycles. The maximum atomic E-state index is 9.93. The quantitative estimate of drug-likeness (QED) is 0.799. The van der Waals surface area contributed by atoms with E-state index in [1.165, 1.54) is 23.6 Å². The van der Waals surface area contributed by atoms with E-state index in [2.05, 4.69) is 45.2 Å². The number of rotatable bonds is 4. The van der Waals surface area contributed by atoms with Gasteiger partial charge >= 0.3 is 112 Å². The molecule has 5 radical (unpaired) electrons. The molecule has 0 bridgehead atoms. The Morgan fingerprint density at radius 2 is 2.12 bits per heavy atom. The summed E-state index contributed by atoms with van der Waals surface area (Å²) in [4.78, 5) is 4.28. The predicted octanol–water partition coefficient (Wildman–Crippen LogP) is 1.71. The minimum absolute atomic E-state index is 0.0487. The van der Waals surface area contributed by atoms with Crippen molar-refractivity contribution in [1.82, 2.24) is 4.90 Å². The first-order chi connectivity index (χ1) is 8.09. The van der Waals surface area contributed by atoms with Gasteiger partial charge in [-0.3, -0.25) is 0 Å². The Labute approximate surface area is 112 Å². The molecule has 17 heavy (non-hydrogen) atoms. The summed E-state index contributed by atoms with van der Waals surface area (Å²) in [5.74, 6) is 1.45. The Kier molecular flexibility index (Phi) is 4.94. The van der Waals surface area contributed by atoms with E-state index in [0.29, 0.717) is 25.8 Å². The zero-order chi connectivity index (χ0) is 12.4. The monoisotopic (exact) mass is 300 g/mol. The molecule has 2 nitrogen and oxygen atoms in total. The van der Waals surface area contributed by atoms with Gasteiger partial charge in [-0.2, -0.15) is 0 Å². The number of hydrogen-bond acceptors (Lipinski definition) is 2. The van der Waals surface area contributed by atoms with Gasteiger partial charge in [0.2, 0.25) is 0 Å². The predicted molar refractivity (Wildman–Crippen MR) is 71.9 cm³/mol. The molecule has 3 heteroatoms. The average molecular weight is 299 g/mol. The van der Waals surface area contributed by atoms with E-state index >= 15 is 0 Å². The van der Waals surface area contributed by atoms with Crippen LogP contribution in [-0.2, 0) is 0 Å². The van der Waals surface area contributed by atoms with E-state index in [-0.39, 0.29) is 6.10 Å². The molecule has 0 aromatic heterocycles. The van der Waals surface area contributed by atoms with E-state index in [1.807, 2.05) is 0 Å². The summed E-state index contributed by atoms with van der Waals surface area (Å²) in [5, 5.41) is 9.93. The van der Waals surface area contributed by atoms with Crippen molar-refractivity contribution in [3.05, 3.63) is 30.0 Å². The van der Waals surface area contributed by atoms with Crippen LogP contribution >= 0.6 is 0 Å².